The van der Waals surface area contributed by atoms with Crippen LogP contribution in [0.1, 0.15) is 43.4 Å². The van der Waals surface area contributed by atoms with Gasteiger partial charge in [-0.2, -0.15) is 0 Å². The van der Waals surface area contributed by atoms with Gasteiger partial charge in [0.05, 0.1) is 0 Å². The highest BCUT2D eigenvalue weighted by molar-refractivity contribution is 5.79. The highest BCUT2D eigenvalue weighted by Crippen LogP contribution is 2.20. The third-order valence-corrected chi connectivity index (χ3v) is 3.71. The SMILES string of the molecule is CCCCCc1ccc(NC(C(=O)O)c2ccccc2)cc1. The predicted octanol–water partition coefficient (Wildman–Crippen LogP) is 4.66. The summed E-state index contributed by atoms with van der Waals surface area (Å²) in [4.78, 5) is 11.5. The summed E-state index contributed by atoms with van der Waals surface area (Å²) in [5.74, 6) is -0.877. The molecule has 0 saturated carbocycles. The maximum Gasteiger partial charge on any atom is 0.330 e. The number of nitrogens with one attached hydrogen (secondary N) is 1. The summed E-state index contributed by atoms with van der Waals surface area (Å²) in [6, 6.07) is 16.6. The van der Waals surface area contributed by atoms with E-state index in [1.54, 1.807) is 0 Å². The van der Waals surface area contributed by atoms with Crippen LogP contribution in [-0.4, -0.2) is 11.1 Å². The van der Waals surface area contributed by atoms with Crippen LogP contribution < -0.4 is 5.32 Å². The van der Waals surface area contributed by atoms with Crippen LogP contribution >= 0.6 is 0 Å². The van der Waals surface area contributed by atoms with Gasteiger partial charge in [0, 0.05) is 5.69 Å². The van der Waals surface area contributed by atoms with E-state index in [4.69, 9.17) is 0 Å². The van der Waals surface area contributed by atoms with Gasteiger partial charge in [-0.15, -0.1) is 0 Å². The number of anilines is 1. The van der Waals surface area contributed by atoms with Crippen LogP contribution in [0.25, 0.3) is 0 Å². The van der Waals surface area contributed by atoms with Crippen molar-refractivity contribution in [3.63, 3.8) is 0 Å². The number of aliphatic carboxylic acids is 1. The molecular weight excluding hydrogens is 274 g/mol. The van der Waals surface area contributed by atoms with Crippen LogP contribution in [0.3, 0.4) is 0 Å². The number of hydrogen-bond donors (Lipinski definition) is 2. The lowest BCUT2D eigenvalue weighted by Crippen LogP contribution is -2.20. The molecule has 116 valence electrons. The summed E-state index contributed by atoms with van der Waals surface area (Å²) in [6.07, 6.45) is 4.74. The first kappa shape index (κ1) is 16.1. The Balaban J connectivity index is 2.03. The highest BCUT2D eigenvalue weighted by atomic mass is 16.4. The van der Waals surface area contributed by atoms with Gasteiger partial charge < -0.3 is 10.4 Å². The fraction of sp³-hybridized carbons (Fsp3) is 0.316. The maximum absolute atomic E-state index is 11.5. The Kier molecular flexibility index (Phi) is 6.01. The number of rotatable bonds is 8. The standard InChI is InChI=1S/C19H23NO2/c1-2-3-5-8-15-11-13-17(14-12-15)20-18(19(21)22)16-9-6-4-7-10-16/h4,6-7,9-14,18,20H,2-3,5,8H2,1H3,(H,21,22). The topological polar surface area (TPSA) is 49.3 Å². The molecule has 0 heterocycles. The molecule has 3 heteroatoms. The second-order valence-electron chi connectivity index (χ2n) is 5.48. The summed E-state index contributed by atoms with van der Waals surface area (Å²) in [5.41, 5.74) is 2.88. The Bertz CT molecular complexity index is 578. The van der Waals surface area contributed by atoms with Crippen LogP contribution in [0.5, 0.6) is 0 Å². The first-order valence-electron chi connectivity index (χ1n) is 7.84. The zero-order valence-electron chi connectivity index (χ0n) is 13.0. The average Bonchev–Trinajstić information content (AvgIpc) is 2.55. The fourth-order valence-electron chi connectivity index (χ4n) is 2.45. The molecule has 3 nitrogen and oxygen atoms in total. The van der Waals surface area contributed by atoms with E-state index in [1.165, 1.54) is 24.8 Å². The van der Waals surface area contributed by atoms with Gasteiger partial charge in [0.25, 0.3) is 0 Å². The van der Waals surface area contributed by atoms with Crippen LogP contribution in [0.2, 0.25) is 0 Å². The van der Waals surface area contributed by atoms with Crippen molar-refractivity contribution in [2.24, 2.45) is 0 Å². The van der Waals surface area contributed by atoms with Crippen molar-refractivity contribution >= 4 is 11.7 Å². The normalized spacial score (nSPS) is 11.9. The lowest BCUT2D eigenvalue weighted by atomic mass is 10.1. The molecule has 0 aliphatic carbocycles. The van der Waals surface area contributed by atoms with Crippen molar-refractivity contribution in [2.75, 3.05) is 5.32 Å². The Morgan fingerprint density at radius 3 is 2.32 bits per heavy atom. The van der Waals surface area contributed by atoms with E-state index < -0.39 is 12.0 Å². The zero-order valence-corrected chi connectivity index (χ0v) is 13.0. The van der Waals surface area contributed by atoms with E-state index in [1.807, 2.05) is 42.5 Å². The third-order valence-electron chi connectivity index (χ3n) is 3.71. The molecule has 0 fully saturated rings. The third kappa shape index (κ3) is 4.62. The van der Waals surface area contributed by atoms with Gasteiger partial charge in [-0.25, -0.2) is 4.79 Å². The molecule has 0 spiro atoms. The quantitative estimate of drug-likeness (QED) is 0.697. The van der Waals surface area contributed by atoms with Gasteiger partial charge in [0.15, 0.2) is 6.04 Å². The minimum Gasteiger partial charge on any atom is -0.479 e. The van der Waals surface area contributed by atoms with Crippen molar-refractivity contribution in [3.8, 4) is 0 Å². The molecule has 1 unspecified atom stereocenters. The number of unbranched alkanes of at least 4 members (excludes halogenated alkanes) is 2. The van der Waals surface area contributed by atoms with Gasteiger partial charge in [-0.1, -0.05) is 62.2 Å². The van der Waals surface area contributed by atoms with Crippen LogP contribution in [0, 0.1) is 0 Å². The Labute approximate surface area is 132 Å². The highest BCUT2D eigenvalue weighted by Gasteiger charge is 2.18. The number of carbonyl (C=O) groups is 1. The van der Waals surface area contributed by atoms with Crippen molar-refractivity contribution in [3.05, 3.63) is 65.7 Å². The molecule has 2 rings (SSSR count). The van der Waals surface area contributed by atoms with Crippen molar-refractivity contribution < 1.29 is 9.90 Å². The molecular formula is C19H23NO2. The molecule has 1 atom stereocenters. The molecule has 22 heavy (non-hydrogen) atoms. The smallest absolute Gasteiger partial charge is 0.330 e. The largest absolute Gasteiger partial charge is 0.479 e. The number of carboxylic acids is 1. The maximum atomic E-state index is 11.5. The van der Waals surface area contributed by atoms with Crippen LogP contribution in [0.4, 0.5) is 5.69 Å². The van der Waals surface area contributed by atoms with Gasteiger partial charge >= 0.3 is 5.97 Å². The minimum absolute atomic E-state index is 0.729. The number of benzene rings is 2. The van der Waals surface area contributed by atoms with Crippen LogP contribution in [0.15, 0.2) is 54.6 Å². The summed E-state index contributed by atoms with van der Waals surface area (Å²) < 4.78 is 0. The Hall–Kier alpha value is -2.29. The van der Waals surface area contributed by atoms with Crippen LogP contribution in [-0.2, 0) is 11.2 Å². The molecule has 0 saturated heterocycles. The summed E-state index contributed by atoms with van der Waals surface area (Å²) >= 11 is 0. The fourth-order valence-corrected chi connectivity index (χ4v) is 2.45. The zero-order chi connectivity index (χ0) is 15.8. The molecule has 0 radical (unpaired) electrons. The number of aryl methyl sites for hydroxylation is 1. The molecule has 2 N–H and O–H groups in total. The van der Waals surface area contributed by atoms with E-state index in [9.17, 15) is 9.90 Å². The number of hydrogen-bond acceptors (Lipinski definition) is 2. The molecule has 0 aliphatic heterocycles. The first-order valence-corrected chi connectivity index (χ1v) is 7.84. The monoisotopic (exact) mass is 297 g/mol. The van der Waals surface area contributed by atoms with E-state index in [-0.39, 0.29) is 0 Å². The van der Waals surface area contributed by atoms with Gasteiger partial charge in [0.1, 0.15) is 0 Å². The summed E-state index contributed by atoms with van der Waals surface area (Å²) in [5, 5.41) is 12.5. The second-order valence-corrected chi connectivity index (χ2v) is 5.48. The Morgan fingerprint density at radius 1 is 1.05 bits per heavy atom. The molecule has 0 aliphatic rings. The van der Waals surface area contributed by atoms with E-state index in [2.05, 4.69) is 24.4 Å². The van der Waals surface area contributed by atoms with E-state index >= 15 is 0 Å². The second kappa shape index (κ2) is 8.23. The predicted molar refractivity (Wildman–Crippen MR) is 90.1 cm³/mol. The molecule has 0 amide bonds. The average molecular weight is 297 g/mol. The first-order chi connectivity index (χ1) is 10.7. The molecule has 2 aromatic carbocycles. The lowest BCUT2D eigenvalue weighted by Gasteiger charge is -2.16. The van der Waals surface area contributed by atoms with Crippen molar-refractivity contribution in [1.29, 1.82) is 0 Å². The Morgan fingerprint density at radius 2 is 1.73 bits per heavy atom. The number of carboxylic acid groups (broad SMARTS) is 1. The molecule has 0 bridgehead atoms. The van der Waals surface area contributed by atoms with Crippen molar-refractivity contribution in [2.45, 2.75) is 38.6 Å². The van der Waals surface area contributed by atoms with Gasteiger partial charge in [-0.3, -0.25) is 0 Å². The van der Waals surface area contributed by atoms with E-state index in [0.29, 0.717) is 0 Å². The lowest BCUT2D eigenvalue weighted by molar-refractivity contribution is -0.138. The summed E-state index contributed by atoms with van der Waals surface area (Å²) in [6.45, 7) is 2.20. The summed E-state index contributed by atoms with van der Waals surface area (Å²) in [7, 11) is 0. The van der Waals surface area contributed by atoms with Gasteiger partial charge in [0.2, 0.25) is 0 Å². The van der Waals surface area contributed by atoms with E-state index in [0.717, 1.165) is 17.7 Å². The molecule has 2 aromatic rings. The van der Waals surface area contributed by atoms with Crippen molar-refractivity contribution in [1.82, 2.24) is 0 Å². The van der Waals surface area contributed by atoms with Gasteiger partial charge in [-0.05, 0) is 36.1 Å². The minimum atomic E-state index is -0.877. The molecule has 0 aromatic heterocycles.